The number of hydrogen-bond donors (Lipinski definition) is 0. The van der Waals surface area contributed by atoms with Gasteiger partial charge in [0.05, 0.1) is 0 Å². The lowest BCUT2D eigenvalue weighted by Crippen LogP contribution is -2.31. The molecule has 140 valence electrons. The highest BCUT2D eigenvalue weighted by atomic mass is 16.7. The van der Waals surface area contributed by atoms with E-state index in [0.29, 0.717) is 13.1 Å². The first-order chi connectivity index (χ1) is 13.8. The van der Waals surface area contributed by atoms with Gasteiger partial charge < -0.3 is 14.4 Å². The molecule has 2 aromatic carbocycles. The van der Waals surface area contributed by atoms with E-state index in [1.165, 1.54) is 6.26 Å². The maximum atomic E-state index is 13.0. The Balaban J connectivity index is 1.65. The Morgan fingerprint density at radius 1 is 0.964 bits per heavy atom. The second kappa shape index (κ2) is 8.39. The van der Waals surface area contributed by atoms with Crippen LogP contribution >= 0.6 is 0 Å². The molecule has 4 rings (SSSR count). The van der Waals surface area contributed by atoms with E-state index in [-0.39, 0.29) is 18.5 Å². The summed E-state index contributed by atoms with van der Waals surface area (Å²) < 4.78 is 10.4. The minimum atomic E-state index is -0.204. The van der Waals surface area contributed by atoms with Crippen molar-refractivity contribution in [1.82, 2.24) is 9.88 Å². The Kier molecular flexibility index (Phi) is 5.33. The number of benzene rings is 2. The van der Waals surface area contributed by atoms with E-state index in [4.69, 9.17) is 9.47 Å². The SMILES string of the molecule is O=C(C1=COCO1)N(Cc1cccnc1)Cc1ccccc1-c1ccccc1. The molecule has 0 N–H and O–H groups in total. The van der Waals surface area contributed by atoms with Crippen molar-refractivity contribution in [3.05, 3.63) is 102 Å². The van der Waals surface area contributed by atoms with Crippen LogP contribution in [0.3, 0.4) is 0 Å². The van der Waals surface area contributed by atoms with Crippen LogP contribution in [0.2, 0.25) is 0 Å². The van der Waals surface area contributed by atoms with Gasteiger partial charge in [-0.25, -0.2) is 0 Å². The molecule has 0 spiro atoms. The van der Waals surface area contributed by atoms with E-state index in [1.54, 1.807) is 17.3 Å². The zero-order valence-electron chi connectivity index (χ0n) is 15.3. The van der Waals surface area contributed by atoms with Crippen LogP contribution in [0.15, 0.2) is 91.1 Å². The summed E-state index contributed by atoms with van der Waals surface area (Å²) in [6.45, 7) is 0.943. The van der Waals surface area contributed by atoms with Crippen LogP contribution in [0, 0.1) is 0 Å². The van der Waals surface area contributed by atoms with Crippen molar-refractivity contribution in [1.29, 1.82) is 0 Å². The average molecular weight is 372 g/mol. The first kappa shape index (κ1) is 17.8. The highest BCUT2D eigenvalue weighted by Gasteiger charge is 2.24. The Bertz CT molecular complexity index is 971. The van der Waals surface area contributed by atoms with Gasteiger partial charge in [-0.15, -0.1) is 0 Å². The standard InChI is InChI=1S/C23H20N2O3/c26-23(22-16-27-17-28-22)25(14-18-7-6-12-24-13-18)15-20-10-4-5-11-21(20)19-8-2-1-3-9-19/h1-13,16H,14-15,17H2. The third-order valence-corrected chi connectivity index (χ3v) is 4.53. The molecule has 0 fully saturated rings. The molecule has 1 amide bonds. The highest BCUT2D eigenvalue weighted by molar-refractivity contribution is 5.91. The molecule has 5 heteroatoms. The molecule has 3 aromatic rings. The molecule has 0 aliphatic carbocycles. The molecule has 2 heterocycles. The Morgan fingerprint density at radius 2 is 1.79 bits per heavy atom. The van der Waals surface area contributed by atoms with Crippen molar-refractivity contribution in [2.75, 3.05) is 6.79 Å². The molecule has 28 heavy (non-hydrogen) atoms. The number of pyridine rings is 1. The number of ether oxygens (including phenoxy) is 2. The van der Waals surface area contributed by atoms with Gasteiger partial charge in [0.1, 0.15) is 6.26 Å². The predicted molar refractivity (Wildman–Crippen MR) is 105 cm³/mol. The molecule has 1 aromatic heterocycles. The van der Waals surface area contributed by atoms with Gasteiger partial charge >= 0.3 is 0 Å². The van der Waals surface area contributed by atoms with E-state index in [0.717, 1.165) is 22.3 Å². The van der Waals surface area contributed by atoms with Crippen molar-refractivity contribution in [2.45, 2.75) is 13.1 Å². The number of carbonyl (C=O) groups excluding carboxylic acids is 1. The molecule has 0 saturated carbocycles. The van der Waals surface area contributed by atoms with Gasteiger partial charge in [0.15, 0.2) is 0 Å². The quantitative estimate of drug-likeness (QED) is 0.653. The van der Waals surface area contributed by atoms with Gasteiger partial charge in [0, 0.05) is 25.5 Å². The molecule has 0 bridgehead atoms. The van der Waals surface area contributed by atoms with Crippen LogP contribution in [-0.2, 0) is 27.4 Å². The van der Waals surface area contributed by atoms with Gasteiger partial charge in [0.2, 0.25) is 12.6 Å². The summed E-state index contributed by atoms with van der Waals surface area (Å²) in [4.78, 5) is 18.9. The lowest BCUT2D eigenvalue weighted by Gasteiger charge is -2.24. The van der Waals surface area contributed by atoms with E-state index in [1.807, 2.05) is 48.5 Å². The summed E-state index contributed by atoms with van der Waals surface area (Å²) in [5, 5.41) is 0. The zero-order chi connectivity index (χ0) is 19.2. The van der Waals surface area contributed by atoms with Gasteiger partial charge in [-0.1, -0.05) is 60.7 Å². The monoisotopic (exact) mass is 372 g/mol. The van der Waals surface area contributed by atoms with Crippen molar-refractivity contribution < 1.29 is 14.3 Å². The van der Waals surface area contributed by atoms with Crippen molar-refractivity contribution in [3.8, 4) is 11.1 Å². The van der Waals surface area contributed by atoms with Crippen LogP contribution < -0.4 is 0 Å². The van der Waals surface area contributed by atoms with Crippen LogP contribution in [0.1, 0.15) is 11.1 Å². The average Bonchev–Trinajstić information content (AvgIpc) is 3.29. The third kappa shape index (κ3) is 4.04. The molecule has 0 saturated heterocycles. The van der Waals surface area contributed by atoms with Gasteiger partial charge in [-0.2, -0.15) is 0 Å². The number of aromatic nitrogens is 1. The summed E-state index contributed by atoms with van der Waals surface area (Å²) in [6.07, 6.45) is 4.86. The minimum Gasteiger partial charge on any atom is -0.461 e. The van der Waals surface area contributed by atoms with Crippen molar-refractivity contribution >= 4 is 5.91 Å². The van der Waals surface area contributed by atoms with Crippen LogP contribution in [0.25, 0.3) is 11.1 Å². The summed E-state index contributed by atoms with van der Waals surface area (Å²) in [5.74, 6) is 0.0188. The van der Waals surface area contributed by atoms with Crippen LogP contribution in [0.4, 0.5) is 0 Å². The Labute approximate surface area is 163 Å². The normalized spacial score (nSPS) is 12.6. The summed E-state index contributed by atoms with van der Waals surface area (Å²) in [6, 6.07) is 22.1. The lowest BCUT2D eigenvalue weighted by atomic mass is 9.99. The van der Waals surface area contributed by atoms with E-state index < -0.39 is 0 Å². The molecular formula is C23H20N2O3. The summed E-state index contributed by atoms with van der Waals surface area (Å²) in [5.41, 5.74) is 4.23. The van der Waals surface area contributed by atoms with E-state index >= 15 is 0 Å². The van der Waals surface area contributed by atoms with Gasteiger partial charge in [-0.05, 0) is 28.3 Å². The topological polar surface area (TPSA) is 51.7 Å². The first-order valence-corrected chi connectivity index (χ1v) is 9.07. The molecular weight excluding hydrogens is 352 g/mol. The highest BCUT2D eigenvalue weighted by Crippen LogP contribution is 2.26. The number of nitrogens with zero attached hydrogens (tertiary/aromatic N) is 2. The van der Waals surface area contributed by atoms with E-state index in [2.05, 4.69) is 23.2 Å². The molecule has 5 nitrogen and oxygen atoms in total. The molecule has 0 atom stereocenters. The van der Waals surface area contributed by atoms with E-state index in [9.17, 15) is 4.79 Å². The first-order valence-electron chi connectivity index (χ1n) is 9.07. The zero-order valence-corrected chi connectivity index (χ0v) is 15.3. The number of amides is 1. The smallest absolute Gasteiger partial charge is 0.292 e. The fraction of sp³-hybridized carbons (Fsp3) is 0.130. The molecule has 0 radical (unpaired) electrons. The maximum Gasteiger partial charge on any atom is 0.292 e. The predicted octanol–water partition coefficient (Wildman–Crippen LogP) is 4.12. The summed E-state index contributed by atoms with van der Waals surface area (Å²) in [7, 11) is 0. The lowest BCUT2D eigenvalue weighted by molar-refractivity contribution is -0.132. The van der Waals surface area contributed by atoms with Crippen LogP contribution in [-0.4, -0.2) is 22.6 Å². The fourth-order valence-corrected chi connectivity index (χ4v) is 3.18. The third-order valence-electron chi connectivity index (χ3n) is 4.53. The molecule has 1 aliphatic heterocycles. The van der Waals surface area contributed by atoms with Gasteiger partial charge in [-0.3, -0.25) is 9.78 Å². The number of carbonyl (C=O) groups is 1. The number of hydrogen-bond acceptors (Lipinski definition) is 4. The second-order valence-electron chi connectivity index (χ2n) is 6.46. The largest absolute Gasteiger partial charge is 0.461 e. The van der Waals surface area contributed by atoms with Gasteiger partial charge in [0.25, 0.3) is 5.91 Å². The summed E-state index contributed by atoms with van der Waals surface area (Å²) >= 11 is 0. The minimum absolute atomic E-state index is 0.0718. The molecule has 0 unspecified atom stereocenters. The second-order valence-corrected chi connectivity index (χ2v) is 6.46. The van der Waals surface area contributed by atoms with Crippen LogP contribution in [0.5, 0.6) is 0 Å². The van der Waals surface area contributed by atoms with Crippen molar-refractivity contribution in [3.63, 3.8) is 0 Å². The Morgan fingerprint density at radius 3 is 2.54 bits per heavy atom. The molecule has 1 aliphatic rings. The van der Waals surface area contributed by atoms with Crippen molar-refractivity contribution in [2.24, 2.45) is 0 Å². The fourth-order valence-electron chi connectivity index (χ4n) is 3.18. The Hall–Kier alpha value is -3.60. The maximum absolute atomic E-state index is 13.0. The number of rotatable bonds is 6.